The molecule has 358 valence electrons. The zero-order valence-electron chi connectivity index (χ0n) is 41.0. The fourth-order valence-electron chi connectivity index (χ4n) is 22.4. The predicted octanol–water partition coefficient (Wildman–Crippen LogP) is 7.97. The number of fused-ring (bicyclic) bond motifs is 14. The van der Waals surface area contributed by atoms with Crippen molar-refractivity contribution >= 4 is 0 Å². The van der Waals surface area contributed by atoms with Crippen molar-refractivity contribution in [2.75, 3.05) is 6.61 Å². The number of ether oxygens (including phenoxy) is 4. The zero-order chi connectivity index (χ0) is 45.0. The first-order valence-corrected chi connectivity index (χ1v) is 27.1. The Hall–Kier alpha value is -1.24. The van der Waals surface area contributed by atoms with E-state index in [0.29, 0.717) is 66.1 Å². The molecule has 16 aliphatic rings. The Morgan fingerprint density at radius 1 is 0.754 bits per heavy atom. The normalized spacial score (nSPS) is 66.9. The van der Waals surface area contributed by atoms with Crippen molar-refractivity contribution in [3.8, 4) is 0 Å². The smallest absolute Gasteiger partial charge is 0.174 e. The molecule has 0 aromatic rings. The van der Waals surface area contributed by atoms with E-state index in [4.69, 9.17) is 18.9 Å². The van der Waals surface area contributed by atoms with Gasteiger partial charge in [0.15, 0.2) is 22.9 Å². The van der Waals surface area contributed by atoms with E-state index < -0.39 is 40.4 Å². The highest BCUT2D eigenvalue weighted by atomic mass is 16.7. The van der Waals surface area contributed by atoms with Gasteiger partial charge in [-0.05, 0) is 156 Å². The third kappa shape index (κ3) is 4.13. The molecule has 0 amide bonds. The largest absolute Gasteiger partial charge is 0.393 e. The average molecular weight is 897 g/mol. The lowest BCUT2D eigenvalue weighted by Gasteiger charge is -2.61. The predicted molar refractivity (Wildman–Crippen MR) is 241 cm³/mol. The molecular formula is C55H80N2O8. The van der Waals surface area contributed by atoms with Gasteiger partial charge in [0, 0.05) is 52.8 Å². The van der Waals surface area contributed by atoms with Crippen LogP contribution in [0.1, 0.15) is 165 Å². The number of aliphatic hydroxyl groups excluding tert-OH is 2. The minimum atomic E-state index is -1.27. The van der Waals surface area contributed by atoms with Crippen LogP contribution in [-0.2, 0) is 18.9 Å². The molecule has 6 saturated carbocycles. The third-order valence-corrected chi connectivity index (χ3v) is 26.2. The molecule has 25 atom stereocenters. The van der Waals surface area contributed by atoms with Crippen LogP contribution in [0.3, 0.4) is 0 Å². The Morgan fingerprint density at radius 3 is 2.23 bits per heavy atom. The minimum Gasteiger partial charge on any atom is -0.393 e. The molecule has 12 fully saturated rings. The maximum absolute atomic E-state index is 13.0. The van der Waals surface area contributed by atoms with E-state index in [0.717, 1.165) is 51.4 Å². The Bertz CT molecular complexity index is 2260. The molecule has 0 radical (unpaired) electrons. The zero-order valence-corrected chi connectivity index (χ0v) is 41.0. The lowest BCUT2D eigenvalue weighted by Crippen LogP contribution is -2.64. The number of aliphatic hydroxyl groups is 4. The SMILES string of the molecule is CC[C@@]1(C)CC[C@@]2(O[C@H]3C[C@@H]4[C@@H]5CC[C@H]6CC7=C(C[C@]6(C)[C@H]5C[C@@H](O)[C@]4(C)[C@H]3[C@@H]2C)N2C34C[C@@H]5CC[C@H]6C8=C[C@@H]9O[C@]%10(CC[C@](C)(O)CO%10)[C@@H](C)[C@]9(O)[C@@]8(C)[C@H](O)C[C@@H]6[C@@]5(C)CC23N74)O1. The molecule has 8 heterocycles. The van der Waals surface area contributed by atoms with E-state index in [1.165, 1.54) is 44.1 Å². The first-order chi connectivity index (χ1) is 30.6. The van der Waals surface area contributed by atoms with Crippen LogP contribution >= 0.6 is 0 Å². The standard InChI is InChI=1S/C55H80N2O8/c1-10-46(5)16-18-51(65-46)28(2)44-40(63-51)20-36-32-13-11-30-19-38-39(25-47(30,6)34(32)21-41(58)49(36,44)8)57-53-24-31-12-14-33-35(48(31,7)26-54(53,57)56(38)53)22-42(59)50(9)37(33)23-43-55(50,61)29(3)52(64-43)17-15-45(4,60)27-62-52/h23,28-36,40-44,58-61H,10-22,24-27H2,1-9H3/t28-,29+,30-,31-,32+,33+,34-,35-,36+,40-,41+,42+,43-,44-,45-,46-,47-,48-,49+,50+,51+,52+,53?,54?,55+,56?,57?/m0/s1. The third-order valence-electron chi connectivity index (χ3n) is 26.2. The van der Waals surface area contributed by atoms with Gasteiger partial charge in [0.25, 0.3) is 0 Å². The molecule has 10 heteroatoms. The van der Waals surface area contributed by atoms with Crippen molar-refractivity contribution in [3.63, 3.8) is 0 Å². The van der Waals surface area contributed by atoms with Crippen LogP contribution in [0.4, 0.5) is 0 Å². The average Bonchev–Trinajstić information content (AvgIpc) is 3.53. The van der Waals surface area contributed by atoms with E-state index in [1.54, 1.807) is 11.4 Å². The van der Waals surface area contributed by atoms with E-state index in [1.807, 2.05) is 6.92 Å². The van der Waals surface area contributed by atoms with Crippen LogP contribution in [0.2, 0.25) is 0 Å². The van der Waals surface area contributed by atoms with Gasteiger partial charge in [0.1, 0.15) is 11.7 Å². The van der Waals surface area contributed by atoms with Crippen molar-refractivity contribution in [3.05, 3.63) is 23.0 Å². The van der Waals surface area contributed by atoms with Crippen molar-refractivity contribution in [2.24, 2.45) is 80.8 Å². The van der Waals surface area contributed by atoms with Crippen LogP contribution < -0.4 is 0 Å². The number of rotatable bonds is 1. The molecule has 10 nitrogen and oxygen atoms in total. The molecule has 0 aromatic heterocycles. The Balaban J connectivity index is 0.689. The van der Waals surface area contributed by atoms with Crippen LogP contribution in [0, 0.1) is 80.8 Å². The van der Waals surface area contributed by atoms with Gasteiger partial charge < -0.3 is 49.2 Å². The molecule has 0 aromatic carbocycles. The summed E-state index contributed by atoms with van der Waals surface area (Å²) in [6.45, 7) is 20.9. The van der Waals surface area contributed by atoms with E-state index in [-0.39, 0.29) is 57.9 Å². The van der Waals surface area contributed by atoms with Crippen LogP contribution in [0.25, 0.3) is 0 Å². The first-order valence-electron chi connectivity index (χ1n) is 27.1. The van der Waals surface area contributed by atoms with Crippen molar-refractivity contribution in [1.29, 1.82) is 0 Å². The quantitative estimate of drug-likeness (QED) is 0.152. The first kappa shape index (κ1) is 41.5. The monoisotopic (exact) mass is 897 g/mol. The van der Waals surface area contributed by atoms with E-state index in [9.17, 15) is 20.4 Å². The molecule has 6 saturated heterocycles. The van der Waals surface area contributed by atoms with Gasteiger partial charge in [-0.1, -0.05) is 60.1 Å². The summed E-state index contributed by atoms with van der Waals surface area (Å²) in [5.74, 6) is 2.49. The fraction of sp³-hybridized carbons (Fsp3) is 0.927. The Morgan fingerprint density at radius 2 is 1.49 bits per heavy atom. The van der Waals surface area contributed by atoms with Gasteiger partial charge >= 0.3 is 0 Å². The molecule has 8 aliphatic carbocycles. The van der Waals surface area contributed by atoms with Crippen LogP contribution in [0.15, 0.2) is 23.0 Å². The highest BCUT2D eigenvalue weighted by Crippen LogP contribution is 2.91. The number of allylic oxidation sites excluding steroid dienone is 2. The summed E-state index contributed by atoms with van der Waals surface area (Å²) in [7, 11) is 0. The summed E-state index contributed by atoms with van der Waals surface area (Å²) in [6, 6.07) is 0. The Kier molecular flexibility index (Phi) is 7.40. The summed E-state index contributed by atoms with van der Waals surface area (Å²) < 4.78 is 27.3. The maximum atomic E-state index is 13.0. The molecule has 2 bridgehead atoms. The summed E-state index contributed by atoms with van der Waals surface area (Å²) >= 11 is 0. The summed E-state index contributed by atoms with van der Waals surface area (Å²) in [5.41, 5.74) is 1.96. The van der Waals surface area contributed by atoms with E-state index >= 15 is 0 Å². The van der Waals surface area contributed by atoms with Gasteiger partial charge in [-0.2, -0.15) is 0 Å². The fourth-order valence-corrected chi connectivity index (χ4v) is 22.4. The lowest BCUT2D eigenvalue weighted by molar-refractivity contribution is -0.289. The molecule has 8 aliphatic heterocycles. The lowest BCUT2D eigenvalue weighted by atomic mass is 9.44. The highest BCUT2D eigenvalue weighted by Gasteiger charge is 3.03. The summed E-state index contributed by atoms with van der Waals surface area (Å²) in [6.07, 6.45) is 17.5. The van der Waals surface area contributed by atoms with Crippen molar-refractivity contribution < 1.29 is 39.4 Å². The maximum Gasteiger partial charge on any atom is 0.174 e. The number of nitrogens with zero attached hydrogens (tertiary/aromatic N) is 2. The molecule has 65 heavy (non-hydrogen) atoms. The van der Waals surface area contributed by atoms with Crippen LogP contribution in [-0.4, -0.2) is 101 Å². The van der Waals surface area contributed by atoms with Gasteiger partial charge in [-0.3, -0.25) is 0 Å². The number of hydrogen-bond donors (Lipinski definition) is 4. The molecule has 4 spiro atoms. The second-order valence-corrected chi connectivity index (χ2v) is 27.9. The molecular weight excluding hydrogens is 817 g/mol. The second-order valence-electron chi connectivity index (χ2n) is 27.9. The van der Waals surface area contributed by atoms with Crippen molar-refractivity contribution in [1.82, 2.24) is 9.80 Å². The minimum absolute atomic E-state index is 0.0937. The Labute approximate surface area is 387 Å². The van der Waals surface area contributed by atoms with Gasteiger partial charge in [-0.15, -0.1) is 0 Å². The second kappa shape index (κ2) is 11.6. The van der Waals surface area contributed by atoms with Gasteiger partial charge in [-0.25, -0.2) is 0 Å². The van der Waals surface area contributed by atoms with Gasteiger partial charge in [0.05, 0.1) is 36.1 Å². The van der Waals surface area contributed by atoms with E-state index in [2.05, 4.69) is 71.3 Å². The molecule has 4 N–H and O–H groups in total. The summed E-state index contributed by atoms with van der Waals surface area (Å²) in [5, 5.41) is 49.0. The topological polar surface area (TPSA) is 124 Å². The molecule has 2 unspecified atom stereocenters. The van der Waals surface area contributed by atoms with Gasteiger partial charge in [0.2, 0.25) is 0 Å². The van der Waals surface area contributed by atoms with Crippen molar-refractivity contribution in [2.45, 2.75) is 229 Å². The van der Waals surface area contributed by atoms with Crippen LogP contribution in [0.5, 0.6) is 0 Å². The number of hydrogen-bond acceptors (Lipinski definition) is 10. The highest BCUT2D eigenvalue weighted by molar-refractivity contribution is 5.61. The molecule has 16 rings (SSSR count). The summed E-state index contributed by atoms with van der Waals surface area (Å²) in [4.78, 5) is 5.92.